The van der Waals surface area contributed by atoms with Crippen LogP contribution in [0.5, 0.6) is 0 Å². The molecular formula is C29H38ClFO7. The number of alkyl halides is 2. The summed E-state index contributed by atoms with van der Waals surface area (Å²) in [7, 11) is 0. The van der Waals surface area contributed by atoms with Gasteiger partial charge >= 0.3 is 11.9 Å². The fourth-order valence-electron chi connectivity index (χ4n) is 8.13. The highest BCUT2D eigenvalue weighted by Crippen LogP contribution is 2.72. The second-order valence-corrected chi connectivity index (χ2v) is 12.5. The van der Waals surface area contributed by atoms with Gasteiger partial charge in [0.15, 0.2) is 23.7 Å². The summed E-state index contributed by atoms with van der Waals surface area (Å²) in [5, 5.41) is 10.9. The number of rotatable bonds is 7. The Labute approximate surface area is 228 Å². The Bertz CT molecular complexity index is 1100. The van der Waals surface area contributed by atoms with Gasteiger partial charge in [0.25, 0.3) is 0 Å². The van der Waals surface area contributed by atoms with E-state index in [0.717, 1.165) is 0 Å². The highest BCUT2D eigenvalue weighted by Gasteiger charge is 2.78. The van der Waals surface area contributed by atoms with E-state index in [0.29, 0.717) is 18.4 Å². The fourth-order valence-corrected chi connectivity index (χ4v) is 8.65. The minimum Gasteiger partial charge on any atom is -0.457 e. The number of fused-ring (bicyclic) bond motifs is 5. The molecule has 3 saturated carbocycles. The molecule has 0 amide bonds. The summed E-state index contributed by atoms with van der Waals surface area (Å²) in [4.78, 5) is 50.9. The first-order valence-electron chi connectivity index (χ1n) is 13.6. The van der Waals surface area contributed by atoms with Crippen LogP contribution in [0.4, 0.5) is 4.39 Å². The Kier molecular flexibility index (Phi) is 7.50. The van der Waals surface area contributed by atoms with Gasteiger partial charge in [-0.05, 0) is 50.7 Å². The van der Waals surface area contributed by atoms with Crippen molar-refractivity contribution in [1.29, 1.82) is 0 Å². The molecule has 210 valence electrons. The van der Waals surface area contributed by atoms with Gasteiger partial charge in [-0.25, -0.2) is 4.39 Å². The van der Waals surface area contributed by atoms with E-state index in [-0.39, 0.29) is 31.5 Å². The van der Waals surface area contributed by atoms with Crippen molar-refractivity contribution < 1.29 is 38.1 Å². The average Bonchev–Trinajstić information content (AvgIpc) is 3.06. The van der Waals surface area contributed by atoms with Crippen molar-refractivity contribution in [2.24, 2.45) is 28.6 Å². The number of halogens is 2. The van der Waals surface area contributed by atoms with Gasteiger partial charge in [0.1, 0.15) is 0 Å². The standard InChI is InChI=1S/C29H38ClFO7/c1-6-8-24(36)38-29(22(34)15-37-23(35)7-2)16(3)11-19-25-20(30)13-17-12-18(32)9-10-26(17,4)28(25,31)21(33)14-27(19,29)5/h9-10,12,16,19-21,25,33H,6-8,11,13-15H2,1-5H3/t16-,19+,20-,21+,25-,26+,27+,28-,29-/m1/s1. The third kappa shape index (κ3) is 3.84. The number of hydrogen-bond acceptors (Lipinski definition) is 7. The first-order valence-corrected chi connectivity index (χ1v) is 14.0. The highest BCUT2D eigenvalue weighted by molar-refractivity contribution is 6.21. The molecule has 9 atom stereocenters. The largest absolute Gasteiger partial charge is 0.457 e. The summed E-state index contributed by atoms with van der Waals surface area (Å²) >= 11 is 6.91. The van der Waals surface area contributed by atoms with Crippen LogP contribution in [0.2, 0.25) is 0 Å². The van der Waals surface area contributed by atoms with Gasteiger partial charge in [-0.1, -0.05) is 39.3 Å². The monoisotopic (exact) mass is 552 g/mol. The smallest absolute Gasteiger partial charge is 0.306 e. The van der Waals surface area contributed by atoms with Crippen LogP contribution >= 0.6 is 11.6 Å². The molecular weight excluding hydrogens is 515 g/mol. The first kappa shape index (κ1) is 28.9. The first-order chi connectivity index (χ1) is 17.7. The summed E-state index contributed by atoms with van der Waals surface area (Å²) < 4.78 is 28.8. The number of ketones is 2. The molecule has 7 nitrogen and oxygen atoms in total. The van der Waals surface area contributed by atoms with Crippen molar-refractivity contribution in [3.63, 3.8) is 0 Å². The lowest BCUT2D eigenvalue weighted by Crippen LogP contribution is -2.72. The number of aliphatic hydroxyl groups excluding tert-OH is 1. The van der Waals surface area contributed by atoms with Crippen molar-refractivity contribution in [2.45, 2.75) is 95.9 Å². The molecule has 4 rings (SSSR count). The van der Waals surface area contributed by atoms with Crippen molar-refractivity contribution in [3.8, 4) is 0 Å². The van der Waals surface area contributed by atoms with Gasteiger partial charge < -0.3 is 14.6 Å². The molecule has 38 heavy (non-hydrogen) atoms. The average molecular weight is 553 g/mol. The van der Waals surface area contributed by atoms with E-state index in [1.54, 1.807) is 27.7 Å². The minimum atomic E-state index is -2.22. The van der Waals surface area contributed by atoms with Gasteiger partial charge in [0.05, 0.1) is 6.10 Å². The third-order valence-electron chi connectivity index (χ3n) is 9.95. The highest BCUT2D eigenvalue weighted by atomic mass is 35.5. The molecule has 9 heteroatoms. The fraction of sp³-hybridized carbons (Fsp3) is 0.724. The molecule has 0 unspecified atom stereocenters. The molecule has 0 aromatic heterocycles. The van der Waals surface area contributed by atoms with Gasteiger partial charge in [0, 0.05) is 40.9 Å². The van der Waals surface area contributed by atoms with Crippen LogP contribution < -0.4 is 0 Å². The van der Waals surface area contributed by atoms with E-state index in [1.165, 1.54) is 18.2 Å². The lowest BCUT2D eigenvalue weighted by atomic mass is 9.44. The second kappa shape index (κ2) is 9.84. The molecule has 0 heterocycles. The van der Waals surface area contributed by atoms with Crippen molar-refractivity contribution in [3.05, 3.63) is 23.8 Å². The van der Waals surface area contributed by atoms with Crippen LogP contribution in [0.3, 0.4) is 0 Å². The molecule has 0 spiro atoms. The zero-order chi connectivity index (χ0) is 28.3. The number of Topliss-reactive ketones (excluding diaryl/α,β-unsaturated/α-hetero) is 1. The summed E-state index contributed by atoms with van der Waals surface area (Å²) in [5.41, 5.74) is -5.84. The van der Waals surface area contributed by atoms with Crippen LogP contribution in [0.15, 0.2) is 23.8 Å². The Morgan fingerprint density at radius 3 is 2.53 bits per heavy atom. The maximum atomic E-state index is 17.6. The van der Waals surface area contributed by atoms with Crippen LogP contribution in [-0.2, 0) is 28.7 Å². The number of allylic oxidation sites excluding steroid dienone is 4. The van der Waals surface area contributed by atoms with Gasteiger partial charge in [-0.15, -0.1) is 11.6 Å². The predicted octanol–water partition coefficient (Wildman–Crippen LogP) is 4.42. The van der Waals surface area contributed by atoms with Gasteiger partial charge in [0.2, 0.25) is 5.78 Å². The van der Waals surface area contributed by atoms with E-state index in [2.05, 4.69) is 0 Å². The number of carbonyl (C=O) groups excluding carboxylic acids is 4. The SMILES string of the molecule is CCCC(=O)O[C@@]1(C(=O)COC(=O)CC)[C@H](C)C[C@H]2[C@@H]3[C@H](Cl)CC4=CC(=O)C=C[C@]4(C)[C@@]3(F)[C@@H](O)C[C@@]21C. The molecule has 0 bridgehead atoms. The van der Waals surface area contributed by atoms with Gasteiger partial charge in [-0.3, -0.25) is 19.2 Å². The quantitative estimate of drug-likeness (QED) is 0.368. The summed E-state index contributed by atoms with van der Waals surface area (Å²) in [6, 6.07) is 0. The molecule has 0 aliphatic heterocycles. The summed E-state index contributed by atoms with van der Waals surface area (Å²) in [5.74, 6) is -3.92. The van der Waals surface area contributed by atoms with Crippen LogP contribution in [0.1, 0.15) is 73.1 Å². The maximum absolute atomic E-state index is 17.6. The number of ether oxygens (including phenoxy) is 2. The molecule has 3 fully saturated rings. The number of carbonyl (C=O) groups is 4. The van der Waals surface area contributed by atoms with E-state index >= 15 is 4.39 Å². The van der Waals surface area contributed by atoms with E-state index in [4.69, 9.17) is 21.1 Å². The van der Waals surface area contributed by atoms with Crippen LogP contribution in [0.25, 0.3) is 0 Å². The van der Waals surface area contributed by atoms with Crippen LogP contribution in [0, 0.1) is 28.6 Å². The van der Waals surface area contributed by atoms with E-state index in [9.17, 15) is 24.3 Å². The molecule has 4 aliphatic carbocycles. The Morgan fingerprint density at radius 1 is 1.21 bits per heavy atom. The van der Waals surface area contributed by atoms with Crippen molar-refractivity contribution in [1.82, 2.24) is 0 Å². The Balaban J connectivity index is 1.83. The molecule has 4 aliphatic rings. The van der Waals surface area contributed by atoms with Crippen molar-refractivity contribution >= 4 is 35.1 Å². The van der Waals surface area contributed by atoms with Gasteiger partial charge in [-0.2, -0.15) is 0 Å². The van der Waals surface area contributed by atoms with E-state index in [1.807, 2.05) is 6.92 Å². The normalized spacial score (nSPS) is 43.4. The molecule has 1 N–H and O–H groups in total. The maximum Gasteiger partial charge on any atom is 0.306 e. The lowest BCUT2D eigenvalue weighted by molar-refractivity contribution is -0.228. The predicted molar refractivity (Wildman–Crippen MR) is 138 cm³/mol. The Hall–Kier alpha value is -2.06. The lowest BCUT2D eigenvalue weighted by Gasteiger charge is -2.63. The summed E-state index contributed by atoms with van der Waals surface area (Å²) in [6.45, 7) is 8.08. The Morgan fingerprint density at radius 2 is 1.89 bits per heavy atom. The summed E-state index contributed by atoms with van der Waals surface area (Å²) in [6.07, 6.45) is 3.78. The number of esters is 2. The number of aliphatic hydroxyl groups is 1. The second-order valence-electron chi connectivity index (χ2n) is 11.9. The number of hydrogen-bond donors (Lipinski definition) is 1. The molecule has 0 aromatic rings. The topological polar surface area (TPSA) is 107 Å². The van der Waals surface area contributed by atoms with Crippen LogP contribution in [-0.4, -0.2) is 58.0 Å². The van der Waals surface area contributed by atoms with Crippen molar-refractivity contribution in [2.75, 3.05) is 6.61 Å². The zero-order valence-corrected chi connectivity index (χ0v) is 23.5. The third-order valence-corrected chi connectivity index (χ3v) is 10.4. The molecule has 0 radical (unpaired) electrons. The molecule has 0 aromatic carbocycles. The minimum absolute atomic E-state index is 0.0783. The molecule has 0 saturated heterocycles. The zero-order valence-electron chi connectivity index (χ0n) is 22.7. The van der Waals surface area contributed by atoms with E-state index < -0.39 is 75.7 Å².